The number of pyridine rings is 1. The number of aromatic nitrogens is 3. The van der Waals surface area contributed by atoms with E-state index >= 15 is 0 Å². The van der Waals surface area contributed by atoms with Crippen LogP contribution >= 0.6 is 0 Å². The fraction of sp³-hybridized carbons (Fsp3) is 0.364. The van der Waals surface area contributed by atoms with Crippen LogP contribution in [0.2, 0.25) is 0 Å². The molecule has 0 spiro atoms. The molecule has 0 radical (unpaired) electrons. The van der Waals surface area contributed by atoms with Crippen molar-refractivity contribution in [2.45, 2.75) is 20.3 Å². The minimum absolute atomic E-state index is 0.249. The third-order valence-electron chi connectivity index (χ3n) is 2.33. The van der Waals surface area contributed by atoms with Gasteiger partial charge in [-0.1, -0.05) is 6.92 Å². The van der Waals surface area contributed by atoms with Gasteiger partial charge >= 0.3 is 6.03 Å². The highest BCUT2D eigenvalue weighted by molar-refractivity contribution is 5.97. The van der Waals surface area contributed by atoms with Crippen LogP contribution in [0.15, 0.2) is 12.1 Å². The van der Waals surface area contributed by atoms with Crippen molar-refractivity contribution in [3.8, 4) is 0 Å². The van der Waals surface area contributed by atoms with Crippen LogP contribution in [0.25, 0.3) is 11.0 Å². The highest BCUT2D eigenvalue weighted by Crippen LogP contribution is 2.18. The third kappa shape index (κ3) is 2.52. The number of hydrogen-bond acceptors (Lipinski definition) is 3. The summed E-state index contributed by atoms with van der Waals surface area (Å²) < 4.78 is 0. The van der Waals surface area contributed by atoms with Crippen LogP contribution in [0.5, 0.6) is 0 Å². The second kappa shape index (κ2) is 4.82. The Balaban J connectivity index is 2.16. The molecule has 2 aromatic rings. The molecule has 0 aromatic carbocycles. The number of anilines is 1. The van der Waals surface area contributed by atoms with Gasteiger partial charge in [0, 0.05) is 12.2 Å². The van der Waals surface area contributed by atoms with Crippen molar-refractivity contribution in [2.75, 3.05) is 11.9 Å². The molecule has 0 aliphatic rings. The van der Waals surface area contributed by atoms with Gasteiger partial charge in [0.15, 0.2) is 11.5 Å². The van der Waals surface area contributed by atoms with Crippen LogP contribution in [0, 0.1) is 6.92 Å². The number of aromatic amines is 1. The van der Waals surface area contributed by atoms with Gasteiger partial charge < -0.3 is 5.32 Å². The first-order valence-electron chi connectivity index (χ1n) is 5.57. The number of carbonyl (C=O) groups excluding carboxylic acids is 1. The molecule has 17 heavy (non-hydrogen) atoms. The number of aryl methyl sites for hydroxylation is 1. The van der Waals surface area contributed by atoms with Crippen LogP contribution in [0.3, 0.4) is 0 Å². The van der Waals surface area contributed by atoms with Crippen LogP contribution < -0.4 is 10.6 Å². The number of nitrogens with one attached hydrogen (secondary N) is 3. The van der Waals surface area contributed by atoms with Gasteiger partial charge in [-0.15, -0.1) is 0 Å². The summed E-state index contributed by atoms with van der Waals surface area (Å²) in [6.45, 7) is 4.55. The van der Waals surface area contributed by atoms with E-state index in [2.05, 4.69) is 25.8 Å². The Morgan fingerprint density at radius 2 is 2.29 bits per heavy atom. The van der Waals surface area contributed by atoms with E-state index in [1.165, 1.54) is 0 Å². The normalized spacial score (nSPS) is 10.5. The Bertz CT molecular complexity index is 534. The van der Waals surface area contributed by atoms with Crippen LogP contribution in [0.1, 0.15) is 19.0 Å². The van der Waals surface area contributed by atoms with Gasteiger partial charge in [0.2, 0.25) is 0 Å². The molecule has 2 amide bonds. The van der Waals surface area contributed by atoms with Crippen molar-refractivity contribution in [2.24, 2.45) is 0 Å². The summed E-state index contributed by atoms with van der Waals surface area (Å²) in [5.74, 6) is 0.501. The molecule has 2 rings (SSSR count). The zero-order valence-electron chi connectivity index (χ0n) is 9.87. The lowest BCUT2D eigenvalue weighted by Crippen LogP contribution is -2.29. The number of hydrogen-bond donors (Lipinski definition) is 3. The number of urea groups is 1. The molecule has 0 fully saturated rings. The summed E-state index contributed by atoms with van der Waals surface area (Å²) in [6.07, 6.45) is 0.898. The van der Waals surface area contributed by atoms with E-state index in [9.17, 15) is 4.79 Å². The first-order chi connectivity index (χ1) is 8.20. The average Bonchev–Trinajstić information content (AvgIpc) is 2.69. The molecule has 2 heterocycles. The molecule has 0 saturated carbocycles. The lowest BCUT2D eigenvalue weighted by molar-refractivity contribution is 0.252. The van der Waals surface area contributed by atoms with Crippen molar-refractivity contribution in [1.82, 2.24) is 20.5 Å². The molecule has 90 valence electrons. The number of rotatable bonds is 3. The van der Waals surface area contributed by atoms with Crippen LogP contribution in [0.4, 0.5) is 10.6 Å². The van der Waals surface area contributed by atoms with Crippen LogP contribution in [-0.2, 0) is 0 Å². The zero-order chi connectivity index (χ0) is 12.3. The third-order valence-corrected chi connectivity index (χ3v) is 2.33. The van der Waals surface area contributed by atoms with Crippen molar-refractivity contribution >= 4 is 22.9 Å². The number of amides is 2. The van der Waals surface area contributed by atoms with E-state index in [1.54, 1.807) is 0 Å². The van der Waals surface area contributed by atoms with E-state index < -0.39 is 0 Å². The number of carbonyl (C=O) groups is 1. The Morgan fingerprint density at radius 3 is 3.06 bits per heavy atom. The van der Waals surface area contributed by atoms with Gasteiger partial charge in [0.05, 0.1) is 5.39 Å². The van der Waals surface area contributed by atoms with Gasteiger partial charge in [-0.3, -0.25) is 10.4 Å². The maximum atomic E-state index is 11.5. The van der Waals surface area contributed by atoms with Crippen molar-refractivity contribution in [3.05, 3.63) is 17.8 Å². The Kier molecular flexibility index (Phi) is 3.22. The van der Waals surface area contributed by atoms with E-state index in [0.29, 0.717) is 18.0 Å². The Labute approximate surface area is 98.8 Å². The van der Waals surface area contributed by atoms with E-state index in [4.69, 9.17) is 0 Å². The second-order valence-electron chi connectivity index (χ2n) is 3.80. The largest absolute Gasteiger partial charge is 0.338 e. The summed E-state index contributed by atoms with van der Waals surface area (Å²) in [7, 11) is 0. The molecular weight excluding hydrogens is 218 g/mol. The Morgan fingerprint density at radius 1 is 1.47 bits per heavy atom. The zero-order valence-corrected chi connectivity index (χ0v) is 9.87. The maximum Gasteiger partial charge on any atom is 0.320 e. The minimum atomic E-state index is -0.249. The quantitative estimate of drug-likeness (QED) is 0.755. The van der Waals surface area contributed by atoms with Crippen molar-refractivity contribution < 1.29 is 4.79 Å². The number of nitrogens with zero attached hydrogens (tertiary/aromatic N) is 2. The standard InChI is InChI=1S/C11H15N5O/c1-3-6-12-11(17)14-10-8-5-4-7(2)13-9(8)15-16-10/h4-5H,3,6H2,1-2H3,(H3,12,13,14,15,16,17). The summed E-state index contributed by atoms with van der Waals surface area (Å²) >= 11 is 0. The molecule has 0 aliphatic heterocycles. The number of fused-ring (bicyclic) bond motifs is 1. The predicted octanol–water partition coefficient (Wildman–Crippen LogP) is 1.80. The molecule has 0 bridgehead atoms. The molecule has 0 saturated heterocycles. The second-order valence-corrected chi connectivity index (χ2v) is 3.80. The lowest BCUT2D eigenvalue weighted by atomic mass is 10.3. The van der Waals surface area contributed by atoms with Crippen molar-refractivity contribution in [1.29, 1.82) is 0 Å². The van der Waals surface area contributed by atoms with Gasteiger partial charge in [-0.25, -0.2) is 9.78 Å². The summed E-state index contributed by atoms with van der Waals surface area (Å²) in [6, 6.07) is 3.52. The average molecular weight is 233 g/mol. The molecule has 6 heteroatoms. The van der Waals surface area contributed by atoms with Gasteiger partial charge in [-0.2, -0.15) is 5.10 Å². The van der Waals surface area contributed by atoms with Gasteiger partial charge in [0.25, 0.3) is 0 Å². The van der Waals surface area contributed by atoms with Gasteiger partial charge in [0.1, 0.15) is 0 Å². The summed E-state index contributed by atoms with van der Waals surface area (Å²) in [4.78, 5) is 15.8. The fourth-order valence-electron chi connectivity index (χ4n) is 1.49. The number of H-pyrrole nitrogens is 1. The highest BCUT2D eigenvalue weighted by Gasteiger charge is 2.09. The highest BCUT2D eigenvalue weighted by atomic mass is 16.2. The minimum Gasteiger partial charge on any atom is -0.338 e. The van der Waals surface area contributed by atoms with E-state index in [0.717, 1.165) is 17.5 Å². The molecule has 0 atom stereocenters. The first kappa shape index (κ1) is 11.4. The topological polar surface area (TPSA) is 82.7 Å². The molecular formula is C11H15N5O. The van der Waals surface area contributed by atoms with Crippen molar-refractivity contribution in [3.63, 3.8) is 0 Å². The SMILES string of the molecule is CCCNC(=O)Nc1n[nH]c2nc(C)ccc12. The van der Waals surface area contributed by atoms with E-state index in [1.807, 2.05) is 26.0 Å². The van der Waals surface area contributed by atoms with E-state index in [-0.39, 0.29) is 6.03 Å². The van der Waals surface area contributed by atoms with Crippen LogP contribution in [-0.4, -0.2) is 27.8 Å². The molecule has 6 nitrogen and oxygen atoms in total. The summed E-state index contributed by atoms with van der Waals surface area (Å²) in [5, 5.41) is 13.0. The molecule has 2 aromatic heterocycles. The Hall–Kier alpha value is -2.11. The molecule has 0 aliphatic carbocycles. The van der Waals surface area contributed by atoms with Gasteiger partial charge in [-0.05, 0) is 25.5 Å². The maximum absolute atomic E-state index is 11.5. The molecule has 3 N–H and O–H groups in total. The predicted molar refractivity (Wildman–Crippen MR) is 65.9 cm³/mol. The lowest BCUT2D eigenvalue weighted by Gasteiger charge is -2.03. The monoisotopic (exact) mass is 233 g/mol. The fourth-order valence-corrected chi connectivity index (χ4v) is 1.49. The first-order valence-corrected chi connectivity index (χ1v) is 5.57. The smallest absolute Gasteiger partial charge is 0.320 e. The summed E-state index contributed by atoms with van der Waals surface area (Å²) in [5.41, 5.74) is 1.58. The molecule has 0 unspecified atom stereocenters.